The molecule has 0 spiro atoms. The van der Waals surface area contributed by atoms with Crippen molar-refractivity contribution >= 4 is 33.3 Å². The van der Waals surface area contributed by atoms with Gasteiger partial charge in [0.1, 0.15) is 6.07 Å². The number of primary amides is 1. The van der Waals surface area contributed by atoms with Crippen molar-refractivity contribution < 1.29 is 27.5 Å². The highest BCUT2D eigenvalue weighted by molar-refractivity contribution is 7.92. The van der Waals surface area contributed by atoms with Crippen LogP contribution in [0.15, 0.2) is 29.2 Å². The molecule has 8 nitrogen and oxygen atoms in total. The van der Waals surface area contributed by atoms with Gasteiger partial charge in [-0.3, -0.25) is 9.59 Å². The molecule has 3 atom stereocenters. The molecule has 146 valence electrons. The minimum absolute atomic E-state index is 0.0357. The Bertz CT molecular complexity index is 882. The van der Waals surface area contributed by atoms with E-state index < -0.39 is 44.9 Å². The van der Waals surface area contributed by atoms with Crippen LogP contribution in [-0.2, 0) is 28.9 Å². The van der Waals surface area contributed by atoms with Gasteiger partial charge in [-0.2, -0.15) is 5.26 Å². The second-order valence-electron chi connectivity index (χ2n) is 6.26. The highest BCUT2D eigenvalue weighted by Crippen LogP contribution is 2.48. The predicted octanol–water partition coefficient (Wildman–Crippen LogP) is 1.08. The lowest BCUT2D eigenvalue weighted by Gasteiger charge is -2.29. The van der Waals surface area contributed by atoms with E-state index in [0.717, 1.165) is 0 Å². The number of sulfone groups is 1. The number of hydrogen-bond acceptors (Lipinski definition) is 7. The second kappa shape index (κ2) is 8.25. The first-order chi connectivity index (χ1) is 12.7. The lowest BCUT2D eigenvalue weighted by atomic mass is 9.77. The van der Waals surface area contributed by atoms with Crippen molar-refractivity contribution in [1.29, 1.82) is 5.26 Å². The average Bonchev–Trinajstić information content (AvgIpc) is 3.01. The highest BCUT2D eigenvalue weighted by atomic mass is 35.5. The van der Waals surface area contributed by atoms with Gasteiger partial charge in [-0.25, -0.2) is 8.42 Å². The van der Waals surface area contributed by atoms with Gasteiger partial charge < -0.3 is 15.2 Å². The van der Waals surface area contributed by atoms with Crippen LogP contribution in [0.1, 0.15) is 12.8 Å². The monoisotopic (exact) mass is 414 g/mol. The number of nitrogens with two attached hydrogens (primary N) is 1. The van der Waals surface area contributed by atoms with Crippen LogP contribution in [0.3, 0.4) is 0 Å². The summed E-state index contributed by atoms with van der Waals surface area (Å²) in [4.78, 5) is 24.7. The Labute approximate surface area is 162 Å². The van der Waals surface area contributed by atoms with Gasteiger partial charge in [0.05, 0.1) is 21.8 Å². The summed E-state index contributed by atoms with van der Waals surface area (Å²) in [5, 5.41) is 7.59. The number of methoxy groups -OCH3 is 1. The highest BCUT2D eigenvalue weighted by Gasteiger charge is 2.60. The van der Waals surface area contributed by atoms with Crippen LogP contribution in [-0.4, -0.2) is 45.9 Å². The smallest absolute Gasteiger partial charge is 0.323 e. The molecule has 1 aliphatic carbocycles. The molecule has 1 aliphatic rings. The number of hydrogen-bond donors (Lipinski definition) is 1. The SMILES string of the molecule is COC[C@@H]1C[C@H](S(=O)(=O)c2ccccc2Cl)C[C@@]1(C(N)=O)C(=O)OCC#N. The van der Waals surface area contributed by atoms with Crippen molar-refractivity contribution in [3.8, 4) is 6.07 Å². The molecule has 1 aromatic rings. The molecule has 0 bridgehead atoms. The number of halogens is 1. The van der Waals surface area contributed by atoms with Crippen LogP contribution in [0.2, 0.25) is 5.02 Å². The van der Waals surface area contributed by atoms with Crippen molar-refractivity contribution in [1.82, 2.24) is 0 Å². The number of carbonyl (C=O) groups is 2. The first-order valence-electron chi connectivity index (χ1n) is 8.03. The Morgan fingerprint density at radius 2 is 2.07 bits per heavy atom. The number of benzene rings is 1. The van der Waals surface area contributed by atoms with Crippen LogP contribution in [0.4, 0.5) is 0 Å². The Morgan fingerprint density at radius 1 is 1.41 bits per heavy atom. The fraction of sp³-hybridized carbons (Fsp3) is 0.471. The third kappa shape index (κ3) is 3.78. The minimum Gasteiger partial charge on any atom is -0.449 e. The molecule has 2 rings (SSSR count). The third-order valence-electron chi connectivity index (χ3n) is 4.82. The van der Waals surface area contributed by atoms with Gasteiger partial charge in [0.25, 0.3) is 0 Å². The zero-order valence-corrected chi connectivity index (χ0v) is 16.1. The first kappa shape index (κ1) is 21.2. The van der Waals surface area contributed by atoms with Crippen molar-refractivity contribution in [2.75, 3.05) is 20.3 Å². The van der Waals surface area contributed by atoms with Gasteiger partial charge in [0, 0.05) is 13.0 Å². The number of nitrogens with zero attached hydrogens (tertiary/aromatic N) is 1. The summed E-state index contributed by atoms with van der Waals surface area (Å²) < 4.78 is 36.0. The molecule has 1 aromatic carbocycles. The van der Waals surface area contributed by atoms with E-state index in [2.05, 4.69) is 0 Å². The number of nitriles is 1. The average molecular weight is 415 g/mol. The van der Waals surface area contributed by atoms with E-state index >= 15 is 0 Å². The molecule has 1 amide bonds. The van der Waals surface area contributed by atoms with Crippen LogP contribution < -0.4 is 5.73 Å². The number of ether oxygens (including phenoxy) is 2. The number of rotatable bonds is 7. The topological polar surface area (TPSA) is 137 Å². The molecule has 1 saturated carbocycles. The minimum atomic E-state index is -3.95. The maximum Gasteiger partial charge on any atom is 0.323 e. The van der Waals surface area contributed by atoms with Gasteiger partial charge in [0.15, 0.2) is 21.9 Å². The quantitative estimate of drug-likeness (QED) is 0.520. The first-order valence-corrected chi connectivity index (χ1v) is 9.95. The molecule has 0 aromatic heterocycles. The van der Waals surface area contributed by atoms with E-state index in [1.165, 1.54) is 25.3 Å². The molecular weight excluding hydrogens is 396 g/mol. The zero-order valence-electron chi connectivity index (χ0n) is 14.6. The van der Waals surface area contributed by atoms with E-state index in [-0.39, 0.29) is 29.4 Å². The molecule has 2 N–H and O–H groups in total. The molecule has 0 saturated heterocycles. The standard InChI is InChI=1S/C17H19ClN2O6S/c1-25-10-11-8-12(27(23,24)14-5-3-2-4-13(14)18)9-17(11,15(20)21)16(22)26-7-6-19/h2-5,11-12H,7-10H2,1H3,(H2,20,21)/t11-,12-,17+/m0/s1. The lowest BCUT2D eigenvalue weighted by Crippen LogP contribution is -2.49. The van der Waals surface area contributed by atoms with Crippen LogP contribution in [0.25, 0.3) is 0 Å². The Morgan fingerprint density at radius 3 is 2.63 bits per heavy atom. The molecule has 0 radical (unpaired) electrons. The summed E-state index contributed by atoms with van der Waals surface area (Å²) >= 11 is 6.03. The van der Waals surface area contributed by atoms with Crippen molar-refractivity contribution in [2.24, 2.45) is 17.1 Å². The summed E-state index contributed by atoms with van der Waals surface area (Å²) in [6, 6.07) is 7.57. The maximum absolute atomic E-state index is 13.1. The Kier molecular flexibility index (Phi) is 6.46. The molecule has 0 unspecified atom stereocenters. The third-order valence-corrected chi connectivity index (χ3v) is 7.46. The molecule has 0 aliphatic heterocycles. The van der Waals surface area contributed by atoms with E-state index in [9.17, 15) is 18.0 Å². The van der Waals surface area contributed by atoms with Crippen molar-refractivity contribution in [3.05, 3.63) is 29.3 Å². The fourth-order valence-corrected chi connectivity index (χ4v) is 5.90. The van der Waals surface area contributed by atoms with Crippen molar-refractivity contribution in [2.45, 2.75) is 23.0 Å². The number of carbonyl (C=O) groups excluding carboxylic acids is 2. The molecule has 0 heterocycles. The van der Waals surface area contributed by atoms with Gasteiger partial charge in [-0.1, -0.05) is 23.7 Å². The molecular formula is C17H19ClN2O6S. The summed E-state index contributed by atoms with van der Waals surface area (Å²) in [5.74, 6) is -2.84. The van der Waals surface area contributed by atoms with E-state index in [4.69, 9.17) is 32.1 Å². The molecule has 10 heteroatoms. The molecule has 27 heavy (non-hydrogen) atoms. The second-order valence-corrected chi connectivity index (χ2v) is 8.86. The lowest BCUT2D eigenvalue weighted by molar-refractivity contribution is -0.163. The fourth-order valence-electron chi connectivity index (χ4n) is 3.51. The van der Waals surface area contributed by atoms with Gasteiger partial charge >= 0.3 is 5.97 Å². The molecule has 1 fully saturated rings. The van der Waals surface area contributed by atoms with E-state index in [0.29, 0.717) is 0 Å². The summed E-state index contributed by atoms with van der Waals surface area (Å²) in [6.07, 6.45) is -0.403. The van der Waals surface area contributed by atoms with Crippen LogP contribution in [0, 0.1) is 22.7 Å². The normalized spacial score (nSPS) is 24.9. The summed E-state index contributed by atoms with van der Waals surface area (Å²) in [5.41, 5.74) is 3.60. The zero-order chi connectivity index (χ0) is 20.2. The van der Waals surface area contributed by atoms with Gasteiger partial charge in [0.2, 0.25) is 5.91 Å². The maximum atomic E-state index is 13.1. The van der Waals surface area contributed by atoms with Crippen molar-refractivity contribution in [3.63, 3.8) is 0 Å². The summed E-state index contributed by atoms with van der Waals surface area (Å²) in [7, 11) is -2.58. The van der Waals surface area contributed by atoms with Crippen LogP contribution >= 0.6 is 11.6 Å². The van der Waals surface area contributed by atoms with Gasteiger partial charge in [-0.05, 0) is 25.0 Å². The van der Waals surface area contributed by atoms with Crippen LogP contribution in [0.5, 0.6) is 0 Å². The van der Waals surface area contributed by atoms with E-state index in [1.807, 2.05) is 0 Å². The van der Waals surface area contributed by atoms with E-state index in [1.54, 1.807) is 12.1 Å². The Balaban J connectivity index is 2.49. The number of amides is 1. The largest absolute Gasteiger partial charge is 0.449 e. The van der Waals surface area contributed by atoms with Gasteiger partial charge in [-0.15, -0.1) is 0 Å². The number of esters is 1. The Hall–Kier alpha value is -2.15. The summed E-state index contributed by atoms with van der Waals surface area (Å²) in [6.45, 7) is -0.644. The predicted molar refractivity (Wildman–Crippen MR) is 95.2 cm³/mol.